The lowest BCUT2D eigenvalue weighted by atomic mass is 10.1. The molecule has 2 aromatic rings. The summed E-state index contributed by atoms with van der Waals surface area (Å²) in [6.07, 6.45) is 0.625. The monoisotopic (exact) mass is 388 g/mol. The summed E-state index contributed by atoms with van der Waals surface area (Å²) in [6, 6.07) is 13.8. The van der Waals surface area contributed by atoms with Gasteiger partial charge in [0.25, 0.3) is 11.8 Å². The molecule has 2 aromatic carbocycles. The average Bonchev–Trinajstić information content (AvgIpc) is 2.67. The number of hydrogen-bond acceptors (Lipinski definition) is 3. The van der Waals surface area contributed by atoms with E-state index in [0.717, 1.165) is 6.42 Å². The normalized spacial score (nSPS) is 12.7. The van der Waals surface area contributed by atoms with Gasteiger partial charge in [-0.3, -0.25) is 9.59 Å². The van der Waals surface area contributed by atoms with Crippen molar-refractivity contribution in [2.45, 2.75) is 45.8 Å². The number of carbonyl (C=O) groups is 2. The number of rotatable bonds is 8. The molecule has 0 heterocycles. The van der Waals surface area contributed by atoms with E-state index in [9.17, 15) is 9.59 Å². The summed E-state index contributed by atoms with van der Waals surface area (Å²) in [7, 11) is 0. The second-order valence-corrected chi connectivity index (χ2v) is 6.72. The third-order valence-corrected chi connectivity index (χ3v) is 4.43. The van der Waals surface area contributed by atoms with Crippen molar-refractivity contribution in [2.75, 3.05) is 5.32 Å². The Morgan fingerprint density at radius 1 is 1.04 bits per heavy atom. The quantitative estimate of drug-likeness (QED) is 0.690. The molecular formula is C21H25ClN2O3. The van der Waals surface area contributed by atoms with Gasteiger partial charge in [-0.1, -0.05) is 37.6 Å². The fraction of sp³-hybridized carbons (Fsp3) is 0.333. The second-order valence-electron chi connectivity index (χ2n) is 6.29. The predicted octanol–water partition coefficient (Wildman–Crippen LogP) is 4.66. The first-order valence-electron chi connectivity index (χ1n) is 9.07. The highest BCUT2D eigenvalue weighted by molar-refractivity contribution is 6.30. The number of hydrogen-bond donors (Lipinski definition) is 2. The first kappa shape index (κ1) is 20.8. The number of nitrogens with one attached hydrogen (secondary N) is 2. The van der Waals surface area contributed by atoms with Crippen molar-refractivity contribution in [2.24, 2.45) is 0 Å². The molecule has 0 saturated carbocycles. The molecule has 0 aliphatic carbocycles. The van der Waals surface area contributed by atoms with Crippen LogP contribution in [0.5, 0.6) is 5.75 Å². The van der Waals surface area contributed by atoms with E-state index in [2.05, 4.69) is 10.6 Å². The van der Waals surface area contributed by atoms with Crippen LogP contribution in [0, 0.1) is 0 Å². The van der Waals surface area contributed by atoms with Crippen LogP contribution >= 0.6 is 11.6 Å². The van der Waals surface area contributed by atoms with E-state index in [0.29, 0.717) is 28.4 Å². The molecule has 2 atom stereocenters. The minimum Gasteiger partial charge on any atom is -0.481 e. The van der Waals surface area contributed by atoms with Crippen molar-refractivity contribution in [3.63, 3.8) is 0 Å². The van der Waals surface area contributed by atoms with Crippen molar-refractivity contribution in [1.82, 2.24) is 5.32 Å². The van der Waals surface area contributed by atoms with Gasteiger partial charge in [0.15, 0.2) is 6.10 Å². The van der Waals surface area contributed by atoms with Crippen molar-refractivity contribution in [1.29, 1.82) is 0 Å². The van der Waals surface area contributed by atoms with Crippen LogP contribution < -0.4 is 15.4 Å². The van der Waals surface area contributed by atoms with Crippen LogP contribution in [0.15, 0.2) is 48.5 Å². The lowest BCUT2D eigenvalue weighted by Crippen LogP contribution is -2.35. The lowest BCUT2D eigenvalue weighted by molar-refractivity contribution is -0.122. The number of halogens is 1. The summed E-state index contributed by atoms with van der Waals surface area (Å²) in [5.41, 5.74) is 0.883. The third kappa shape index (κ3) is 6.00. The lowest BCUT2D eigenvalue weighted by Gasteiger charge is -2.19. The highest BCUT2D eigenvalue weighted by atomic mass is 35.5. The molecule has 0 radical (unpaired) electrons. The van der Waals surface area contributed by atoms with E-state index < -0.39 is 6.10 Å². The Balaban J connectivity index is 2.11. The number of benzene rings is 2. The van der Waals surface area contributed by atoms with E-state index in [4.69, 9.17) is 16.3 Å². The molecule has 5 nitrogen and oxygen atoms in total. The van der Waals surface area contributed by atoms with Gasteiger partial charge in [0.05, 0.1) is 11.3 Å². The van der Waals surface area contributed by atoms with Gasteiger partial charge < -0.3 is 15.4 Å². The molecular weight excluding hydrogens is 364 g/mol. The number of para-hydroxylation sites is 1. The Morgan fingerprint density at radius 2 is 1.70 bits per heavy atom. The molecule has 0 unspecified atom stereocenters. The maximum Gasteiger partial charge on any atom is 0.265 e. The smallest absolute Gasteiger partial charge is 0.265 e. The minimum atomic E-state index is -0.683. The van der Waals surface area contributed by atoms with Crippen LogP contribution in [0.4, 0.5) is 5.69 Å². The summed E-state index contributed by atoms with van der Waals surface area (Å²) < 4.78 is 5.76. The largest absolute Gasteiger partial charge is 0.481 e. The van der Waals surface area contributed by atoms with Gasteiger partial charge in [-0.2, -0.15) is 0 Å². The first-order valence-corrected chi connectivity index (χ1v) is 9.45. The average molecular weight is 389 g/mol. The van der Waals surface area contributed by atoms with Crippen LogP contribution in [0.25, 0.3) is 0 Å². The van der Waals surface area contributed by atoms with Crippen LogP contribution in [-0.4, -0.2) is 24.0 Å². The molecule has 0 spiro atoms. The van der Waals surface area contributed by atoms with E-state index in [-0.39, 0.29) is 17.9 Å². The van der Waals surface area contributed by atoms with E-state index in [1.54, 1.807) is 48.5 Å². The molecule has 0 saturated heterocycles. The van der Waals surface area contributed by atoms with Gasteiger partial charge in [0.1, 0.15) is 5.75 Å². The second kappa shape index (κ2) is 9.97. The molecule has 2 rings (SSSR count). The molecule has 0 aliphatic rings. The molecule has 27 heavy (non-hydrogen) atoms. The van der Waals surface area contributed by atoms with Gasteiger partial charge >= 0.3 is 0 Å². The highest BCUT2D eigenvalue weighted by Crippen LogP contribution is 2.20. The SMILES string of the molecule is CC[C@H](Oc1ccc(Cl)cc1)C(=O)Nc1ccccc1C(=O)N[C@@H](C)CC. The number of amides is 2. The zero-order valence-corrected chi connectivity index (χ0v) is 16.5. The molecule has 0 aromatic heterocycles. The standard InChI is InChI=1S/C21H25ClN2O3/c1-4-14(3)23-20(25)17-8-6-7-9-18(17)24-21(26)19(5-2)27-16-12-10-15(22)11-13-16/h6-14,19H,4-5H2,1-3H3,(H,23,25)(H,24,26)/t14-,19-/m0/s1. The highest BCUT2D eigenvalue weighted by Gasteiger charge is 2.21. The maximum atomic E-state index is 12.7. The van der Waals surface area contributed by atoms with Crippen molar-refractivity contribution < 1.29 is 14.3 Å². The van der Waals surface area contributed by atoms with E-state index >= 15 is 0 Å². The summed E-state index contributed by atoms with van der Waals surface area (Å²) in [4.78, 5) is 25.1. The topological polar surface area (TPSA) is 67.4 Å². The van der Waals surface area contributed by atoms with Crippen LogP contribution in [0.3, 0.4) is 0 Å². The van der Waals surface area contributed by atoms with E-state index in [1.807, 2.05) is 20.8 Å². The predicted molar refractivity (Wildman–Crippen MR) is 108 cm³/mol. The van der Waals surface area contributed by atoms with Crippen molar-refractivity contribution >= 4 is 29.1 Å². The van der Waals surface area contributed by atoms with Gasteiger partial charge in [0.2, 0.25) is 0 Å². The van der Waals surface area contributed by atoms with Gasteiger partial charge in [0, 0.05) is 11.1 Å². The Labute approximate surface area is 165 Å². The minimum absolute atomic E-state index is 0.0536. The molecule has 0 fully saturated rings. The number of anilines is 1. The van der Waals surface area contributed by atoms with Gasteiger partial charge in [-0.05, 0) is 56.2 Å². The molecule has 0 aliphatic heterocycles. The first-order chi connectivity index (χ1) is 12.9. The molecule has 2 N–H and O–H groups in total. The van der Waals surface area contributed by atoms with Crippen molar-refractivity contribution in [3.05, 3.63) is 59.1 Å². The fourth-order valence-electron chi connectivity index (χ4n) is 2.41. The molecule has 0 bridgehead atoms. The maximum absolute atomic E-state index is 12.7. The molecule has 6 heteroatoms. The van der Waals surface area contributed by atoms with Crippen molar-refractivity contribution in [3.8, 4) is 5.75 Å². The van der Waals surface area contributed by atoms with Crippen LogP contribution in [0.2, 0.25) is 5.02 Å². The summed E-state index contributed by atoms with van der Waals surface area (Å²) in [5.74, 6) is 0.0346. The Kier molecular flexibility index (Phi) is 7.67. The summed E-state index contributed by atoms with van der Waals surface area (Å²) >= 11 is 5.87. The Hall–Kier alpha value is -2.53. The zero-order valence-electron chi connectivity index (χ0n) is 15.8. The van der Waals surface area contributed by atoms with Crippen LogP contribution in [0.1, 0.15) is 44.0 Å². The van der Waals surface area contributed by atoms with Crippen LogP contribution in [-0.2, 0) is 4.79 Å². The zero-order chi connectivity index (χ0) is 19.8. The van der Waals surface area contributed by atoms with E-state index in [1.165, 1.54) is 0 Å². The van der Waals surface area contributed by atoms with Gasteiger partial charge in [-0.25, -0.2) is 0 Å². The number of ether oxygens (including phenoxy) is 1. The summed E-state index contributed by atoms with van der Waals surface area (Å²) in [5, 5.41) is 6.33. The summed E-state index contributed by atoms with van der Waals surface area (Å²) in [6.45, 7) is 5.80. The van der Waals surface area contributed by atoms with Gasteiger partial charge in [-0.15, -0.1) is 0 Å². The molecule has 144 valence electrons. The third-order valence-electron chi connectivity index (χ3n) is 4.17. The Bertz CT molecular complexity index is 777. The Morgan fingerprint density at radius 3 is 2.33 bits per heavy atom. The molecule has 2 amide bonds. The number of carbonyl (C=O) groups excluding carboxylic acids is 2. The fourth-order valence-corrected chi connectivity index (χ4v) is 2.53.